The van der Waals surface area contributed by atoms with Gasteiger partial charge in [-0.2, -0.15) is 5.48 Å². The van der Waals surface area contributed by atoms with Gasteiger partial charge in [-0.15, -0.1) is 13.2 Å². The summed E-state index contributed by atoms with van der Waals surface area (Å²) in [6.45, 7) is 4.83. The summed E-state index contributed by atoms with van der Waals surface area (Å²) in [6, 6.07) is 0.306. The summed E-state index contributed by atoms with van der Waals surface area (Å²) in [5.41, 5.74) is 8.80. The van der Waals surface area contributed by atoms with Crippen molar-refractivity contribution in [2.75, 3.05) is 32.7 Å². The zero-order valence-electron chi connectivity index (χ0n) is 21.7. The lowest BCUT2D eigenvalue weighted by Crippen LogP contribution is -3.16. The largest absolute Gasteiger partial charge is 0.522 e. The number of likely N-dealkylation sites (tertiary alicyclic amines) is 2. The third-order valence-electron chi connectivity index (χ3n) is 9.55. The Morgan fingerprint density at radius 2 is 1.92 bits per heavy atom. The first-order valence-electron chi connectivity index (χ1n) is 14.4. The quantitative estimate of drug-likeness (QED) is 0.299. The van der Waals surface area contributed by atoms with Crippen LogP contribution in [0, 0.1) is 17.8 Å². The Balaban J connectivity index is 1.10. The second-order valence-electron chi connectivity index (χ2n) is 12.0. The molecule has 0 radical (unpaired) electrons. The second kappa shape index (κ2) is 12.0. The second-order valence-corrected chi connectivity index (χ2v) is 12.0. The van der Waals surface area contributed by atoms with E-state index in [1.165, 1.54) is 4.90 Å². The van der Waals surface area contributed by atoms with Gasteiger partial charge in [0, 0.05) is 56.5 Å². The number of hydroxylamine groups is 1. The molecule has 1 aliphatic carbocycles. The molecule has 0 spiro atoms. The van der Waals surface area contributed by atoms with Crippen molar-refractivity contribution in [2.45, 2.75) is 101 Å². The molecule has 12 heteroatoms. The minimum Gasteiger partial charge on any atom is -0.369 e. The van der Waals surface area contributed by atoms with Crippen molar-refractivity contribution in [2.24, 2.45) is 23.5 Å². The van der Waals surface area contributed by atoms with Crippen molar-refractivity contribution >= 4 is 5.91 Å². The maximum atomic E-state index is 12.7. The molecule has 4 heterocycles. The van der Waals surface area contributed by atoms with E-state index in [0.717, 1.165) is 84.1 Å². The molecule has 4 saturated heterocycles. The zero-order chi connectivity index (χ0) is 26.0. The zero-order valence-corrected chi connectivity index (χ0v) is 21.7. The highest BCUT2D eigenvalue weighted by Gasteiger charge is 2.45. The average Bonchev–Trinajstić information content (AvgIpc) is 3.53. The van der Waals surface area contributed by atoms with E-state index in [1.54, 1.807) is 0 Å². The van der Waals surface area contributed by atoms with E-state index >= 15 is 0 Å². The molecular weight excluding hydrogens is 489 g/mol. The fraction of sp³-hybridized carbons (Fsp3) is 0.960. The Kier molecular flexibility index (Phi) is 8.94. The number of ether oxygens (including phenoxy) is 1. The fourth-order valence-electron chi connectivity index (χ4n) is 7.62. The Bertz CT molecular complexity index is 768. The summed E-state index contributed by atoms with van der Waals surface area (Å²) in [5, 5.41) is 6.16. The standard InChI is InChI=1S/C25H43F3N6O3/c26-25(27,28)36-19-4-1-3-16(13-19)15-34-10-2-5-20(34)24-31-23(32-37-24)18-6-9-30-21(14-18)33-11-7-17(8-12-33)22(29)35/h16-21,23-24,30-32H,1-15H2,(H2,29,35)/p+2. The van der Waals surface area contributed by atoms with Gasteiger partial charge in [0.25, 0.3) is 0 Å². The Morgan fingerprint density at radius 1 is 1.11 bits per heavy atom. The van der Waals surface area contributed by atoms with Gasteiger partial charge in [-0.05, 0) is 32.1 Å². The molecular formula is C25H45F3N6O3+2. The van der Waals surface area contributed by atoms with E-state index in [-0.39, 0.29) is 30.1 Å². The normalized spacial score (nSPS) is 40.7. The molecule has 5 fully saturated rings. The molecule has 0 aromatic rings. The lowest BCUT2D eigenvalue weighted by Gasteiger charge is -2.39. The van der Waals surface area contributed by atoms with E-state index in [0.29, 0.717) is 31.0 Å². The molecule has 0 bridgehead atoms. The number of alkyl halides is 3. The molecule has 5 rings (SSSR count). The lowest BCUT2D eigenvalue weighted by atomic mass is 9.86. The highest BCUT2D eigenvalue weighted by atomic mass is 19.4. The maximum Gasteiger partial charge on any atom is 0.522 e. The third-order valence-corrected chi connectivity index (χ3v) is 9.55. The number of rotatable bonds is 7. The summed E-state index contributed by atoms with van der Waals surface area (Å²) in [7, 11) is 0. The number of halogens is 3. The van der Waals surface area contributed by atoms with Gasteiger partial charge < -0.3 is 16.0 Å². The molecule has 1 amide bonds. The summed E-state index contributed by atoms with van der Waals surface area (Å²) >= 11 is 0. The molecule has 8 unspecified atom stereocenters. The summed E-state index contributed by atoms with van der Waals surface area (Å²) in [5.74, 6) is 0.553. The topological polar surface area (TPSA) is 110 Å². The smallest absolute Gasteiger partial charge is 0.369 e. The minimum absolute atomic E-state index is 0.0106. The summed E-state index contributed by atoms with van der Waals surface area (Å²) in [6.07, 6.45) is 3.99. The van der Waals surface area contributed by atoms with Crippen LogP contribution in [-0.4, -0.2) is 80.6 Å². The van der Waals surface area contributed by atoms with Crippen LogP contribution in [0.4, 0.5) is 13.2 Å². The van der Waals surface area contributed by atoms with E-state index in [1.807, 2.05) is 0 Å². The summed E-state index contributed by atoms with van der Waals surface area (Å²) in [4.78, 5) is 21.6. The lowest BCUT2D eigenvalue weighted by molar-refractivity contribution is -0.919. The molecule has 0 aromatic carbocycles. The van der Waals surface area contributed by atoms with Crippen LogP contribution in [0.5, 0.6) is 0 Å². The van der Waals surface area contributed by atoms with Crippen LogP contribution in [0.1, 0.15) is 64.2 Å². The van der Waals surface area contributed by atoms with Crippen LogP contribution in [0.25, 0.3) is 0 Å². The molecule has 212 valence electrons. The van der Waals surface area contributed by atoms with Crippen LogP contribution in [0.3, 0.4) is 0 Å². The highest BCUT2D eigenvalue weighted by Crippen LogP contribution is 2.31. The number of nitrogens with zero attached hydrogens (tertiary/aromatic N) is 1. The third kappa shape index (κ3) is 7.14. The number of amides is 1. The van der Waals surface area contributed by atoms with Crippen molar-refractivity contribution in [3.8, 4) is 0 Å². The number of primary amides is 1. The van der Waals surface area contributed by atoms with Crippen LogP contribution in [0.15, 0.2) is 0 Å². The van der Waals surface area contributed by atoms with Crippen LogP contribution in [-0.2, 0) is 14.4 Å². The van der Waals surface area contributed by atoms with Gasteiger partial charge in [0.2, 0.25) is 5.91 Å². The molecule has 4 aliphatic heterocycles. The van der Waals surface area contributed by atoms with Gasteiger partial charge in [0.05, 0.1) is 31.9 Å². The van der Waals surface area contributed by atoms with Crippen molar-refractivity contribution < 1.29 is 37.8 Å². The average molecular weight is 535 g/mol. The van der Waals surface area contributed by atoms with Gasteiger partial charge in [0.15, 0.2) is 6.23 Å². The van der Waals surface area contributed by atoms with Crippen LogP contribution >= 0.6 is 0 Å². The van der Waals surface area contributed by atoms with Gasteiger partial charge >= 0.3 is 6.36 Å². The van der Waals surface area contributed by atoms with Crippen molar-refractivity contribution in [3.63, 3.8) is 0 Å². The van der Waals surface area contributed by atoms with Gasteiger partial charge in [-0.3, -0.25) is 24.6 Å². The predicted molar refractivity (Wildman–Crippen MR) is 128 cm³/mol. The van der Waals surface area contributed by atoms with E-state index in [9.17, 15) is 18.0 Å². The van der Waals surface area contributed by atoms with E-state index in [4.69, 9.17) is 10.6 Å². The summed E-state index contributed by atoms with van der Waals surface area (Å²) < 4.78 is 42.5. The van der Waals surface area contributed by atoms with Gasteiger partial charge in [0.1, 0.15) is 12.2 Å². The number of carbonyl (C=O) groups excluding carboxylic acids is 1. The number of nitrogens with two attached hydrogens (primary N) is 2. The first-order valence-corrected chi connectivity index (χ1v) is 14.4. The minimum atomic E-state index is -4.55. The predicted octanol–water partition coefficient (Wildman–Crippen LogP) is -0.598. The van der Waals surface area contributed by atoms with Crippen LogP contribution < -0.4 is 26.7 Å². The molecule has 9 nitrogen and oxygen atoms in total. The number of hydrogen-bond acceptors (Lipinski definition) is 6. The Labute approximate surface area is 217 Å². The first kappa shape index (κ1) is 27.5. The number of carbonyl (C=O) groups is 1. The van der Waals surface area contributed by atoms with Crippen molar-refractivity contribution in [1.82, 2.24) is 15.7 Å². The fourth-order valence-corrected chi connectivity index (χ4v) is 7.62. The van der Waals surface area contributed by atoms with E-state index in [2.05, 4.69) is 25.8 Å². The Morgan fingerprint density at radius 3 is 2.68 bits per heavy atom. The molecule has 8 atom stereocenters. The van der Waals surface area contributed by atoms with Crippen LogP contribution in [0.2, 0.25) is 0 Å². The molecule has 7 N–H and O–H groups in total. The molecule has 37 heavy (non-hydrogen) atoms. The van der Waals surface area contributed by atoms with E-state index < -0.39 is 12.5 Å². The highest BCUT2D eigenvalue weighted by molar-refractivity contribution is 5.76. The number of nitrogens with one attached hydrogen (secondary N) is 3. The molecule has 5 aliphatic rings. The number of piperidine rings is 2. The van der Waals surface area contributed by atoms with Gasteiger partial charge in [-0.1, -0.05) is 6.42 Å². The number of quaternary nitrogens is 2. The monoisotopic (exact) mass is 534 g/mol. The first-order chi connectivity index (χ1) is 17.7. The maximum absolute atomic E-state index is 12.7. The van der Waals surface area contributed by atoms with Crippen molar-refractivity contribution in [3.05, 3.63) is 0 Å². The number of hydrogen-bond donors (Lipinski definition) is 5. The van der Waals surface area contributed by atoms with Gasteiger partial charge in [-0.25, -0.2) is 0 Å². The molecule has 1 saturated carbocycles. The van der Waals surface area contributed by atoms with Crippen molar-refractivity contribution in [1.29, 1.82) is 0 Å². The molecule has 0 aromatic heterocycles. The Hall–Kier alpha value is -1.02. The SMILES string of the molecule is NC(=O)C1CCN(C2CC(C3NOC(C4CCC[NH+]4CC4CCCC(OC(F)(F)F)C4)N3)CC[NH2+]2)CC1.